The first-order chi connectivity index (χ1) is 10.2. The van der Waals surface area contributed by atoms with Gasteiger partial charge in [-0.2, -0.15) is 0 Å². The Morgan fingerprint density at radius 3 is 3.05 bits per heavy atom. The van der Waals surface area contributed by atoms with Gasteiger partial charge in [-0.05, 0) is 43.0 Å². The van der Waals surface area contributed by atoms with Crippen LogP contribution in [0.5, 0.6) is 0 Å². The Morgan fingerprint density at radius 1 is 1.43 bits per heavy atom. The van der Waals surface area contributed by atoms with E-state index in [0.29, 0.717) is 24.7 Å². The zero-order valence-corrected chi connectivity index (χ0v) is 12.3. The summed E-state index contributed by atoms with van der Waals surface area (Å²) in [6, 6.07) is 7.60. The van der Waals surface area contributed by atoms with Crippen molar-refractivity contribution in [1.82, 2.24) is 4.90 Å². The highest BCUT2D eigenvalue weighted by Gasteiger charge is 2.22. The van der Waals surface area contributed by atoms with Crippen molar-refractivity contribution in [1.29, 1.82) is 0 Å². The number of benzene rings is 1. The molecule has 1 unspecified atom stereocenters. The number of aliphatic hydroxyl groups excluding tert-OH is 1. The van der Waals surface area contributed by atoms with E-state index in [-0.39, 0.29) is 12.5 Å². The smallest absolute Gasteiger partial charge is 0.248 e. The number of likely N-dealkylation sites (tertiary alicyclic amines) is 1. The summed E-state index contributed by atoms with van der Waals surface area (Å²) in [5.41, 5.74) is 7.07. The lowest BCUT2D eigenvalue weighted by Gasteiger charge is -2.16. The minimum Gasteiger partial charge on any atom is -0.394 e. The van der Waals surface area contributed by atoms with Crippen LogP contribution in [-0.2, 0) is 11.2 Å². The highest BCUT2D eigenvalue weighted by atomic mass is 16.5. The van der Waals surface area contributed by atoms with E-state index in [1.807, 2.05) is 12.1 Å². The second-order valence-corrected chi connectivity index (χ2v) is 5.56. The number of aliphatic hydroxyl groups is 1. The molecule has 0 radical (unpaired) electrons. The third-order valence-corrected chi connectivity index (χ3v) is 3.89. The quantitative estimate of drug-likeness (QED) is 0.690. The molecule has 1 aliphatic heterocycles. The number of nitrogens with zero attached hydrogens (tertiary/aromatic N) is 1. The average molecular weight is 292 g/mol. The largest absolute Gasteiger partial charge is 0.394 e. The Hall–Kier alpha value is -1.43. The third-order valence-electron chi connectivity index (χ3n) is 3.89. The lowest BCUT2D eigenvalue weighted by molar-refractivity contribution is 0.0775. The molecule has 1 aromatic carbocycles. The van der Waals surface area contributed by atoms with Crippen LogP contribution in [0.1, 0.15) is 22.3 Å². The van der Waals surface area contributed by atoms with E-state index in [0.717, 1.165) is 26.1 Å². The number of carbonyl (C=O) groups is 1. The molecule has 1 amide bonds. The summed E-state index contributed by atoms with van der Waals surface area (Å²) in [6.45, 7) is 4.23. The van der Waals surface area contributed by atoms with E-state index >= 15 is 0 Å². The van der Waals surface area contributed by atoms with E-state index < -0.39 is 0 Å². The van der Waals surface area contributed by atoms with Gasteiger partial charge in [0.1, 0.15) is 0 Å². The van der Waals surface area contributed by atoms with E-state index in [1.165, 1.54) is 12.0 Å². The van der Waals surface area contributed by atoms with Crippen LogP contribution in [0, 0.1) is 5.92 Å². The van der Waals surface area contributed by atoms with Crippen LogP contribution >= 0.6 is 0 Å². The number of carbonyl (C=O) groups excluding carboxylic acids is 1. The molecule has 21 heavy (non-hydrogen) atoms. The molecule has 0 spiro atoms. The van der Waals surface area contributed by atoms with Crippen LogP contribution in [0.2, 0.25) is 0 Å². The minimum atomic E-state index is -0.370. The van der Waals surface area contributed by atoms with Crippen LogP contribution in [0.25, 0.3) is 0 Å². The van der Waals surface area contributed by atoms with Crippen molar-refractivity contribution in [2.24, 2.45) is 11.7 Å². The van der Waals surface area contributed by atoms with Gasteiger partial charge in [0.15, 0.2) is 0 Å². The van der Waals surface area contributed by atoms with Gasteiger partial charge in [0.25, 0.3) is 0 Å². The fourth-order valence-electron chi connectivity index (χ4n) is 2.83. The molecule has 2 rings (SSSR count). The zero-order chi connectivity index (χ0) is 15.1. The van der Waals surface area contributed by atoms with Crippen molar-refractivity contribution in [3.63, 3.8) is 0 Å². The van der Waals surface area contributed by atoms with E-state index in [1.54, 1.807) is 6.07 Å². The maximum Gasteiger partial charge on any atom is 0.248 e. The molecule has 0 aliphatic carbocycles. The summed E-state index contributed by atoms with van der Waals surface area (Å²) >= 11 is 0. The minimum absolute atomic E-state index is 0.0822. The highest BCUT2D eigenvalue weighted by molar-refractivity contribution is 5.92. The Morgan fingerprint density at radius 2 is 2.29 bits per heavy atom. The van der Waals surface area contributed by atoms with E-state index in [4.69, 9.17) is 15.6 Å². The lowest BCUT2D eigenvalue weighted by atomic mass is 9.97. The van der Waals surface area contributed by atoms with E-state index in [9.17, 15) is 4.79 Å². The molecular formula is C16H24N2O3. The Balaban J connectivity index is 1.77. The van der Waals surface area contributed by atoms with Crippen molar-refractivity contribution < 1.29 is 14.6 Å². The number of hydrogen-bond acceptors (Lipinski definition) is 4. The highest BCUT2D eigenvalue weighted by Crippen LogP contribution is 2.21. The van der Waals surface area contributed by atoms with Crippen LogP contribution < -0.4 is 5.73 Å². The van der Waals surface area contributed by atoms with Crippen molar-refractivity contribution in [2.75, 3.05) is 39.5 Å². The molecule has 1 aliphatic rings. The molecular weight excluding hydrogens is 268 g/mol. The van der Waals surface area contributed by atoms with Crippen molar-refractivity contribution >= 4 is 5.91 Å². The van der Waals surface area contributed by atoms with Gasteiger partial charge in [-0.25, -0.2) is 0 Å². The summed E-state index contributed by atoms with van der Waals surface area (Å²) in [5, 5.41) is 8.65. The first-order valence-corrected chi connectivity index (χ1v) is 7.48. The summed E-state index contributed by atoms with van der Waals surface area (Å²) < 4.78 is 5.30. The van der Waals surface area contributed by atoms with Gasteiger partial charge in [-0.1, -0.05) is 12.1 Å². The summed E-state index contributed by atoms with van der Waals surface area (Å²) in [7, 11) is 0. The molecule has 5 heteroatoms. The molecule has 1 saturated heterocycles. The molecule has 0 bridgehead atoms. The van der Waals surface area contributed by atoms with Gasteiger partial charge >= 0.3 is 0 Å². The summed E-state index contributed by atoms with van der Waals surface area (Å²) in [5.74, 6) is 0.247. The standard InChI is InChI=1S/C16H24N2O3/c17-16(20)15-3-1-2-13(11-15)10-14-4-5-18(12-14)6-8-21-9-7-19/h1-3,11,14,19H,4-10,12H2,(H2,17,20). The first kappa shape index (κ1) is 15.9. The Bertz CT molecular complexity index is 465. The molecule has 1 aromatic rings. The predicted molar refractivity (Wildman–Crippen MR) is 81.1 cm³/mol. The van der Waals surface area contributed by atoms with Crippen molar-refractivity contribution in [3.05, 3.63) is 35.4 Å². The molecule has 116 valence electrons. The number of ether oxygens (including phenoxy) is 1. The third kappa shape index (κ3) is 5.12. The molecule has 5 nitrogen and oxygen atoms in total. The second-order valence-electron chi connectivity index (χ2n) is 5.56. The maximum absolute atomic E-state index is 11.2. The van der Waals surface area contributed by atoms with Crippen LogP contribution in [0.4, 0.5) is 0 Å². The summed E-state index contributed by atoms with van der Waals surface area (Å²) in [6.07, 6.45) is 2.15. The predicted octanol–water partition coefficient (Wildman–Crippen LogP) is 0.659. The molecule has 0 saturated carbocycles. The fraction of sp³-hybridized carbons (Fsp3) is 0.562. The SMILES string of the molecule is NC(=O)c1cccc(CC2CCN(CCOCCO)C2)c1. The summed E-state index contributed by atoms with van der Waals surface area (Å²) in [4.78, 5) is 13.6. The number of amides is 1. The topological polar surface area (TPSA) is 75.8 Å². The Labute approximate surface area is 125 Å². The van der Waals surface area contributed by atoms with Gasteiger partial charge in [0.2, 0.25) is 5.91 Å². The van der Waals surface area contributed by atoms with Crippen molar-refractivity contribution in [3.8, 4) is 0 Å². The Kier molecular flexibility index (Phi) is 6.17. The number of hydrogen-bond donors (Lipinski definition) is 2. The van der Waals surface area contributed by atoms with Gasteiger partial charge in [-0.15, -0.1) is 0 Å². The molecule has 0 aromatic heterocycles. The number of rotatable bonds is 8. The first-order valence-electron chi connectivity index (χ1n) is 7.48. The van der Waals surface area contributed by atoms with Crippen LogP contribution in [-0.4, -0.2) is 55.4 Å². The second kappa shape index (κ2) is 8.12. The molecule has 1 atom stereocenters. The van der Waals surface area contributed by atoms with Crippen LogP contribution in [0.3, 0.4) is 0 Å². The monoisotopic (exact) mass is 292 g/mol. The average Bonchev–Trinajstić information content (AvgIpc) is 2.91. The van der Waals surface area contributed by atoms with E-state index in [2.05, 4.69) is 11.0 Å². The fourth-order valence-corrected chi connectivity index (χ4v) is 2.83. The maximum atomic E-state index is 11.2. The normalized spacial score (nSPS) is 19.0. The van der Waals surface area contributed by atoms with Crippen molar-refractivity contribution in [2.45, 2.75) is 12.8 Å². The number of primary amides is 1. The van der Waals surface area contributed by atoms with Gasteiger partial charge < -0.3 is 20.5 Å². The molecule has 3 N–H and O–H groups in total. The zero-order valence-electron chi connectivity index (χ0n) is 12.3. The molecule has 1 heterocycles. The van der Waals surface area contributed by atoms with Crippen LogP contribution in [0.15, 0.2) is 24.3 Å². The number of nitrogens with two attached hydrogens (primary N) is 1. The van der Waals surface area contributed by atoms with Gasteiger partial charge in [0.05, 0.1) is 19.8 Å². The molecule has 1 fully saturated rings. The lowest BCUT2D eigenvalue weighted by Crippen LogP contribution is -2.26. The van der Waals surface area contributed by atoms with Gasteiger partial charge in [0, 0.05) is 18.7 Å². The van der Waals surface area contributed by atoms with Gasteiger partial charge in [-0.3, -0.25) is 4.79 Å².